The van der Waals surface area contributed by atoms with Crippen molar-refractivity contribution in [1.82, 2.24) is 9.80 Å². The van der Waals surface area contributed by atoms with Gasteiger partial charge in [-0.15, -0.1) is 0 Å². The maximum absolute atomic E-state index is 12.8. The standard InChI is InChI=1S/C24H25Br2N3O5/c25-17-11-15(12-18(26)14-17)13-21(22(30)31)34-24(33)28-8-6-19(7-9-28)29-10-5-16-3-1-2-4-20(16)27-23(29)32/h1-4,11-12,14,19,21H,5-10,13H2,(H,27,32)(H,30,31). The van der Waals surface area contributed by atoms with Gasteiger partial charge in [-0.05, 0) is 54.7 Å². The lowest BCUT2D eigenvalue weighted by molar-refractivity contribution is -0.147. The van der Waals surface area contributed by atoms with Crippen molar-refractivity contribution in [3.8, 4) is 0 Å². The van der Waals surface area contributed by atoms with Gasteiger partial charge >= 0.3 is 18.1 Å². The molecule has 1 fully saturated rings. The summed E-state index contributed by atoms with van der Waals surface area (Å²) in [6, 6.07) is 13.1. The van der Waals surface area contributed by atoms with Crippen LogP contribution < -0.4 is 5.32 Å². The lowest BCUT2D eigenvalue weighted by Crippen LogP contribution is -2.50. The van der Waals surface area contributed by atoms with Crippen LogP contribution in [0.3, 0.4) is 0 Å². The van der Waals surface area contributed by atoms with Gasteiger partial charge in [-0.3, -0.25) is 0 Å². The van der Waals surface area contributed by atoms with E-state index in [0.717, 1.165) is 32.2 Å². The number of benzene rings is 2. The van der Waals surface area contributed by atoms with Gasteiger partial charge in [-0.2, -0.15) is 0 Å². The van der Waals surface area contributed by atoms with E-state index in [0.29, 0.717) is 32.5 Å². The number of carboxylic acids is 1. The minimum absolute atomic E-state index is 0.00709. The third-order valence-electron chi connectivity index (χ3n) is 6.17. The van der Waals surface area contributed by atoms with Gasteiger partial charge in [0.05, 0.1) is 0 Å². The lowest BCUT2D eigenvalue weighted by atomic mass is 10.0. The van der Waals surface area contributed by atoms with Crippen molar-refractivity contribution in [2.24, 2.45) is 0 Å². The van der Waals surface area contributed by atoms with Crippen LogP contribution in [0.4, 0.5) is 15.3 Å². The highest BCUT2D eigenvalue weighted by molar-refractivity contribution is 9.11. The van der Waals surface area contributed by atoms with Crippen LogP contribution in [-0.4, -0.2) is 64.8 Å². The fraction of sp³-hybridized carbons (Fsp3) is 0.375. The molecule has 0 radical (unpaired) electrons. The average Bonchev–Trinajstić information content (AvgIpc) is 2.96. The summed E-state index contributed by atoms with van der Waals surface area (Å²) < 4.78 is 6.97. The van der Waals surface area contributed by atoms with Crippen LogP contribution in [0.25, 0.3) is 0 Å². The number of ether oxygens (including phenoxy) is 1. The number of urea groups is 1. The normalized spacial score (nSPS) is 17.4. The Bertz CT molecular complexity index is 1070. The van der Waals surface area contributed by atoms with Gasteiger partial charge < -0.3 is 25.0 Å². The molecule has 2 N–H and O–H groups in total. The van der Waals surface area contributed by atoms with E-state index in [1.165, 1.54) is 4.90 Å². The maximum atomic E-state index is 12.8. The van der Waals surface area contributed by atoms with E-state index >= 15 is 0 Å². The molecule has 0 spiro atoms. The molecule has 0 bridgehead atoms. The number of likely N-dealkylation sites (tertiary alicyclic amines) is 1. The first kappa shape index (κ1) is 24.5. The Balaban J connectivity index is 1.33. The fourth-order valence-corrected chi connectivity index (χ4v) is 5.81. The molecule has 0 aromatic heterocycles. The highest BCUT2D eigenvalue weighted by Crippen LogP contribution is 2.25. The Morgan fingerprint density at radius 2 is 1.76 bits per heavy atom. The molecule has 4 rings (SSSR count). The molecule has 1 saturated heterocycles. The molecule has 1 atom stereocenters. The summed E-state index contributed by atoms with van der Waals surface area (Å²) >= 11 is 6.77. The van der Waals surface area contributed by atoms with Crippen molar-refractivity contribution >= 4 is 55.6 Å². The Morgan fingerprint density at radius 1 is 1.09 bits per heavy atom. The number of aliphatic carboxylic acids is 1. The predicted molar refractivity (Wildman–Crippen MR) is 134 cm³/mol. The van der Waals surface area contributed by atoms with Gasteiger partial charge in [-0.1, -0.05) is 50.1 Å². The number of hydrogen-bond donors (Lipinski definition) is 2. The molecular weight excluding hydrogens is 570 g/mol. The van der Waals surface area contributed by atoms with Crippen LogP contribution >= 0.6 is 31.9 Å². The Kier molecular flexibility index (Phi) is 7.77. The molecule has 2 aliphatic rings. The number of halogens is 2. The Labute approximate surface area is 214 Å². The van der Waals surface area contributed by atoms with Gasteiger partial charge in [0.15, 0.2) is 0 Å². The van der Waals surface area contributed by atoms with Gasteiger partial charge in [0, 0.05) is 46.7 Å². The minimum Gasteiger partial charge on any atom is -0.478 e. The zero-order valence-corrected chi connectivity index (χ0v) is 21.5. The first-order valence-corrected chi connectivity index (χ1v) is 12.7. The molecule has 0 saturated carbocycles. The second kappa shape index (κ2) is 10.8. The number of fused-ring (bicyclic) bond motifs is 1. The van der Waals surface area contributed by atoms with E-state index < -0.39 is 18.2 Å². The number of rotatable bonds is 5. The number of para-hydroxylation sites is 1. The molecule has 2 aliphatic heterocycles. The van der Waals surface area contributed by atoms with E-state index in [-0.39, 0.29) is 18.5 Å². The molecule has 10 heteroatoms. The van der Waals surface area contributed by atoms with E-state index in [1.807, 2.05) is 35.2 Å². The third-order valence-corrected chi connectivity index (χ3v) is 7.08. The number of hydrogen-bond acceptors (Lipinski definition) is 4. The molecule has 3 amide bonds. The quantitative estimate of drug-likeness (QED) is 0.513. The second-order valence-corrected chi connectivity index (χ2v) is 10.3. The average molecular weight is 595 g/mol. The first-order chi connectivity index (χ1) is 16.3. The minimum atomic E-state index is -1.29. The summed E-state index contributed by atoms with van der Waals surface area (Å²) in [5.74, 6) is -1.19. The van der Waals surface area contributed by atoms with Gasteiger partial charge in [-0.25, -0.2) is 14.4 Å². The van der Waals surface area contributed by atoms with Crippen molar-refractivity contribution in [1.29, 1.82) is 0 Å². The maximum Gasteiger partial charge on any atom is 0.410 e. The molecule has 0 aliphatic carbocycles. The highest BCUT2D eigenvalue weighted by atomic mass is 79.9. The van der Waals surface area contributed by atoms with Gasteiger partial charge in [0.2, 0.25) is 6.10 Å². The SMILES string of the molecule is O=C(O)C(Cc1cc(Br)cc(Br)c1)OC(=O)N1CCC(N2CCc3ccccc3NC2=O)CC1. The Hall–Kier alpha value is -2.59. The van der Waals surface area contributed by atoms with Gasteiger partial charge in [0.1, 0.15) is 0 Å². The van der Waals surface area contributed by atoms with E-state index in [1.54, 1.807) is 12.1 Å². The first-order valence-electron chi connectivity index (χ1n) is 11.1. The predicted octanol–water partition coefficient (Wildman–Crippen LogP) is 4.90. The van der Waals surface area contributed by atoms with Crippen molar-refractivity contribution in [2.45, 2.75) is 37.8 Å². The number of nitrogens with one attached hydrogen (secondary N) is 1. The van der Waals surface area contributed by atoms with E-state index in [4.69, 9.17) is 4.74 Å². The van der Waals surface area contributed by atoms with Crippen LogP contribution in [0, 0.1) is 0 Å². The number of amides is 3. The monoisotopic (exact) mass is 593 g/mol. The van der Waals surface area contributed by atoms with Crippen molar-refractivity contribution in [3.05, 3.63) is 62.5 Å². The van der Waals surface area contributed by atoms with Crippen LogP contribution in [0.1, 0.15) is 24.0 Å². The molecule has 180 valence electrons. The lowest BCUT2D eigenvalue weighted by Gasteiger charge is -2.37. The van der Waals surface area contributed by atoms with Crippen molar-refractivity contribution < 1.29 is 24.2 Å². The zero-order chi connectivity index (χ0) is 24.2. The summed E-state index contributed by atoms with van der Waals surface area (Å²) in [5, 5.41) is 12.6. The number of carbonyl (C=O) groups is 3. The van der Waals surface area contributed by atoms with E-state index in [2.05, 4.69) is 37.2 Å². The van der Waals surface area contributed by atoms with Crippen LogP contribution in [0.2, 0.25) is 0 Å². The molecule has 8 nitrogen and oxygen atoms in total. The topological polar surface area (TPSA) is 99.2 Å². The summed E-state index contributed by atoms with van der Waals surface area (Å²) in [4.78, 5) is 40.6. The number of anilines is 1. The molecular formula is C24H25Br2N3O5. The van der Waals surface area contributed by atoms with Crippen molar-refractivity contribution in [2.75, 3.05) is 25.0 Å². The summed E-state index contributed by atoms with van der Waals surface area (Å²) in [7, 11) is 0. The van der Waals surface area contributed by atoms with Crippen LogP contribution in [0.15, 0.2) is 51.4 Å². The molecule has 2 aromatic carbocycles. The summed E-state index contributed by atoms with van der Waals surface area (Å²) in [6.07, 6.45) is 0.103. The zero-order valence-electron chi connectivity index (χ0n) is 18.4. The van der Waals surface area contributed by atoms with Crippen LogP contribution in [0.5, 0.6) is 0 Å². The molecule has 2 aromatic rings. The number of carboxylic acid groups (broad SMARTS) is 1. The number of carbonyl (C=O) groups excluding carboxylic acids is 2. The second-order valence-electron chi connectivity index (χ2n) is 8.44. The molecule has 1 unspecified atom stereocenters. The van der Waals surface area contributed by atoms with E-state index in [9.17, 15) is 19.5 Å². The number of piperidine rings is 1. The summed E-state index contributed by atoms with van der Waals surface area (Å²) in [5.41, 5.74) is 2.68. The molecule has 34 heavy (non-hydrogen) atoms. The van der Waals surface area contributed by atoms with Gasteiger partial charge in [0.25, 0.3) is 0 Å². The van der Waals surface area contributed by atoms with Crippen molar-refractivity contribution in [3.63, 3.8) is 0 Å². The molecule has 2 heterocycles. The Morgan fingerprint density at radius 3 is 2.44 bits per heavy atom. The smallest absolute Gasteiger partial charge is 0.410 e. The number of nitrogens with zero attached hydrogens (tertiary/aromatic N) is 2. The van der Waals surface area contributed by atoms with Crippen LogP contribution in [-0.2, 0) is 22.4 Å². The highest BCUT2D eigenvalue weighted by Gasteiger charge is 2.33. The summed E-state index contributed by atoms with van der Waals surface area (Å²) in [6.45, 7) is 1.41. The largest absolute Gasteiger partial charge is 0.478 e. The third kappa shape index (κ3) is 5.90. The fourth-order valence-electron chi connectivity index (χ4n) is 4.42.